The zero-order chi connectivity index (χ0) is 26.8. The van der Waals surface area contributed by atoms with Gasteiger partial charge in [0.1, 0.15) is 6.79 Å². The third-order valence-corrected chi connectivity index (χ3v) is 8.43. The van der Waals surface area contributed by atoms with Crippen LogP contribution < -0.4 is 0 Å². The lowest BCUT2D eigenvalue weighted by atomic mass is 9.89. The van der Waals surface area contributed by atoms with Crippen LogP contribution in [0.4, 0.5) is 0 Å². The van der Waals surface area contributed by atoms with E-state index in [1.165, 1.54) is 113 Å². The van der Waals surface area contributed by atoms with Gasteiger partial charge in [-0.25, -0.2) is 0 Å². The van der Waals surface area contributed by atoms with Gasteiger partial charge in [0, 0.05) is 1.43 Å². The summed E-state index contributed by atoms with van der Waals surface area (Å²) in [6.45, 7) is 4.22. The number of hydrogen-bond acceptors (Lipinski definition) is 1. The molecule has 0 amide bonds. The number of carbonyl (C=O) groups excluding carboxylic acids is 1. The van der Waals surface area contributed by atoms with E-state index in [0.29, 0.717) is 0 Å². The van der Waals surface area contributed by atoms with Gasteiger partial charge in [0.25, 0.3) is 0 Å². The molecule has 1 heteroatoms. The fourth-order valence-electron chi connectivity index (χ4n) is 6.03. The fraction of sp³-hybridized carbons (Fsp3) is 0.486. The zero-order valence-corrected chi connectivity index (χ0v) is 23.9. The Balaban J connectivity index is 0.000000263. The molecule has 206 valence electrons. The first kappa shape index (κ1) is 29.9. The van der Waals surface area contributed by atoms with Gasteiger partial charge in [-0.1, -0.05) is 112 Å². The lowest BCUT2D eigenvalue weighted by Gasteiger charge is -2.16. The maximum atomic E-state index is 8.00. The molecular weight excluding hydrogens is 460 g/mol. The Morgan fingerprint density at radius 2 is 1.21 bits per heavy atom. The van der Waals surface area contributed by atoms with Crippen molar-refractivity contribution in [2.24, 2.45) is 5.92 Å². The number of fused-ring (bicyclic) bond motifs is 1. The van der Waals surface area contributed by atoms with E-state index in [4.69, 9.17) is 4.79 Å². The number of rotatable bonds is 10. The van der Waals surface area contributed by atoms with E-state index < -0.39 is 0 Å². The molecule has 0 spiro atoms. The molecule has 2 aliphatic rings. The Labute approximate surface area is 234 Å². The van der Waals surface area contributed by atoms with E-state index in [1.54, 1.807) is 16.7 Å². The summed E-state index contributed by atoms with van der Waals surface area (Å²) in [7, 11) is 0. The average Bonchev–Trinajstić information content (AvgIpc) is 3.52. The molecule has 1 fully saturated rings. The molecule has 1 saturated carbocycles. The van der Waals surface area contributed by atoms with E-state index in [1.807, 2.05) is 6.79 Å². The Bertz CT molecular complexity index is 1020. The lowest BCUT2D eigenvalue weighted by Crippen LogP contribution is -2.03. The SMILES string of the molecule is C=O.CCc1ccc(CCC2CCCC2)cc1.[HH].c1ccc(CCCCCc2ccc3c(c2)CCCC3)cc1. The highest BCUT2D eigenvalue weighted by Crippen LogP contribution is 2.28. The molecule has 0 bridgehead atoms. The molecule has 0 aromatic heterocycles. The van der Waals surface area contributed by atoms with Crippen LogP contribution in [0.1, 0.15) is 106 Å². The van der Waals surface area contributed by atoms with E-state index in [0.717, 1.165) is 12.3 Å². The van der Waals surface area contributed by atoms with Crippen LogP contribution in [0.5, 0.6) is 0 Å². The fourth-order valence-corrected chi connectivity index (χ4v) is 6.03. The molecule has 3 aromatic carbocycles. The van der Waals surface area contributed by atoms with E-state index in [2.05, 4.69) is 79.7 Å². The maximum absolute atomic E-state index is 8.00. The van der Waals surface area contributed by atoms with Crippen LogP contribution in [-0.2, 0) is 43.3 Å². The van der Waals surface area contributed by atoms with Gasteiger partial charge in [-0.2, -0.15) is 0 Å². The molecule has 0 aliphatic heterocycles. The first-order valence-corrected chi connectivity index (χ1v) is 15.3. The molecule has 38 heavy (non-hydrogen) atoms. The molecule has 0 radical (unpaired) electrons. The van der Waals surface area contributed by atoms with Gasteiger partial charge >= 0.3 is 0 Å². The van der Waals surface area contributed by atoms with Crippen molar-refractivity contribution in [3.8, 4) is 0 Å². The minimum atomic E-state index is 0. The smallest absolute Gasteiger partial charge is 0.106 e. The highest BCUT2D eigenvalue weighted by molar-refractivity contribution is 5.34. The highest BCUT2D eigenvalue weighted by Gasteiger charge is 2.14. The second-order valence-electron chi connectivity index (χ2n) is 11.2. The quantitative estimate of drug-likeness (QED) is 0.247. The second-order valence-corrected chi connectivity index (χ2v) is 11.2. The molecule has 3 aromatic rings. The summed E-state index contributed by atoms with van der Waals surface area (Å²) >= 11 is 0. The van der Waals surface area contributed by atoms with Crippen molar-refractivity contribution >= 4 is 6.79 Å². The average molecular weight is 513 g/mol. The van der Waals surface area contributed by atoms with Crippen molar-refractivity contribution in [2.75, 3.05) is 0 Å². The van der Waals surface area contributed by atoms with Crippen molar-refractivity contribution in [2.45, 2.75) is 110 Å². The monoisotopic (exact) mass is 512 g/mol. The molecule has 0 N–H and O–H groups in total. The van der Waals surface area contributed by atoms with Gasteiger partial charge in [0.2, 0.25) is 0 Å². The van der Waals surface area contributed by atoms with Crippen molar-refractivity contribution in [3.05, 3.63) is 106 Å². The Morgan fingerprint density at radius 1 is 0.632 bits per heavy atom. The van der Waals surface area contributed by atoms with Gasteiger partial charge in [0.15, 0.2) is 0 Å². The van der Waals surface area contributed by atoms with E-state index in [-0.39, 0.29) is 1.43 Å². The Hall–Kier alpha value is -2.67. The van der Waals surface area contributed by atoms with Crippen LogP contribution in [0, 0.1) is 5.92 Å². The lowest BCUT2D eigenvalue weighted by molar-refractivity contribution is -0.0979. The van der Waals surface area contributed by atoms with Crippen LogP contribution in [0.2, 0.25) is 0 Å². The predicted octanol–water partition coefficient (Wildman–Crippen LogP) is 9.95. The number of aryl methyl sites for hydroxylation is 6. The van der Waals surface area contributed by atoms with Crippen molar-refractivity contribution < 1.29 is 6.22 Å². The summed E-state index contributed by atoms with van der Waals surface area (Å²) in [6.07, 6.45) is 21.6. The van der Waals surface area contributed by atoms with E-state index in [9.17, 15) is 0 Å². The topological polar surface area (TPSA) is 17.1 Å². The second kappa shape index (κ2) is 17.8. The van der Waals surface area contributed by atoms with Crippen LogP contribution in [0.15, 0.2) is 72.8 Å². The first-order valence-electron chi connectivity index (χ1n) is 15.3. The van der Waals surface area contributed by atoms with Gasteiger partial charge in [-0.05, 0) is 110 Å². The summed E-state index contributed by atoms with van der Waals surface area (Å²) in [4.78, 5) is 8.00. The molecular formula is C37H52O. The minimum absolute atomic E-state index is 0. The summed E-state index contributed by atoms with van der Waals surface area (Å²) in [5.74, 6) is 1.02. The third-order valence-electron chi connectivity index (χ3n) is 8.43. The number of unbranched alkanes of at least 4 members (excludes halogenated alkanes) is 2. The molecule has 0 atom stereocenters. The zero-order valence-electron chi connectivity index (χ0n) is 23.9. The number of hydrogen-bond donors (Lipinski definition) is 0. The van der Waals surface area contributed by atoms with Crippen LogP contribution >= 0.6 is 0 Å². The van der Waals surface area contributed by atoms with E-state index >= 15 is 0 Å². The molecule has 0 heterocycles. The molecule has 5 rings (SSSR count). The molecule has 1 nitrogen and oxygen atoms in total. The standard InChI is InChI=1S/C21H26.C15H22.CH2O.H2/c1-3-9-18(10-4-1)11-5-2-6-12-19-15-16-20-13-7-8-14-21(20)17-19;1-2-13-7-9-15(10-8-13)12-11-14-5-3-4-6-14;1-2;/h1,3-4,9-10,15-17H,2,5-8,11-14H2;7-10,14H,2-6,11-12H2,1H3;1H2;1H. The van der Waals surface area contributed by atoms with Gasteiger partial charge in [0.05, 0.1) is 0 Å². The predicted molar refractivity (Wildman–Crippen MR) is 166 cm³/mol. The summed E-state index contributed by atoms with van der Waals surface area (Å²) in [5.41, 5.74) is 9.25. The Kier molecular flexibility index (Phi) is 14.0. The van der Waals surface area contributed by atoms with Crippen LogP contribution in [-0.4, -0.2) is 6.79 Å². The van der Waals surface area contributed by atoms with Crippen LogP contribution in [0.25, 0.3) is 0 Å². The number of carbonyl (C=O) groups is 1. The first-order chi connectivity index (χ1) is 18.8. The summed E-state index contributed by atoms with van der Waals surface area (Å²) in [5, 5.41) is 0. The Morgan fingerprint density at radius 3 is 1.89 bits per heavy atom. The van der Waals surface area contributed by atoms with Gasteiger partial charge in [-0.3, -0.25) is 0 Å². The normalized spacial score (nSPS) is 14.6. The largest absolute Gasteiger partial charge is 0.307 e. The highest BCUT2D eigenvalue weighted by atomic mass is 16.1. The van der Waals surface area contributed by atoms with Gasteiger partial charge in [-0.15, -0.1) is 0 Å². The molecule has 0 unspecified atom stereocenters. The minimum Gasteiger partial charge on any atom is -0.307 e. The maximum Gasteiger partial charge on any atom is 0.106 e. The summed E-state index contributed by atoms with van der Waals surface area (Å²) in [6, 6.07) is 27.3. The third kappa shape index (κ3) is 10.6. The van der Waals surface area contributed by atoms with Crippen molar-refractivity contribution in [1.29, 1.82) is 0 Å². The molecule has 0 saturated heterocycles. The molecule has 2 aliphatic carbocycles. The van der Waals surface area contributed by atoms with Crippen LogP contribution in [0.3, 0.4) is 0 Å². The summed E-state index contributed by atoms with van der Waals surface area (Å²) < 4.78 is 0. The number of benzene rings is 3. The van der Waals surface area contributed by atoms with Gasteiger partial charge < -0.3 is 4.79 Å². The van der Waals surface area contributed by atoms with Crippen molar-refractivity contribution in [1.82, 2.24) is 0 Å². The van der Waals surface area contributed by atoms with Crippen molar-refractivity contribution in [3.63, 3.8) is 0 Å².